The Labute approximate surface area is 162 Å². The third kappa shape index (κ3) is 4.56. The predicted octanol–water partition coefficient (Wildman–Crippen LogP) is 2.77. The number of nitrogens with zero attached hydrogens (tertiary/aromatic N) is 3. The second kappa shape index (κ2) is 7.97. The summed E-state index contributed by atoms with van der Waals surface area (Å²) < 4.78 is 44.3. The van der Waals surface area contributed by atoms with Crippen molar-refractivity contribution < 1.29 is 17.9 Å². The minimum Gasteiger partial charge on any atom is -0.486 e. The number of ether oxygens (including phenoxy) is 1. The third-order valence-corrected chi connectivity index (χ3v) is 5.05. The molecule has 1 aromatic heterocycles. The molecule has 150 valence electrons. The maximum atomic E-state index is 12.8. The third-order valence-electron chi connectivity index (χ3n) is 5.05. The first kappa shape index (κ1) is 19.0. The van der Waals surface area contributed by atoms with Gasteiger partial charge in [0.2, 0.25) is 0 Å². The van der Waals surface area contributed by atoms with Crippen LogP contribution in [0.3, 0.4) is 0 Å². The fraction of sp³-hybridized carbons (Fsp3) is 0.450. The molecule has 4 rings (SSSR count). The van der Waals surface area contributed by atoms with E-state index in [1.807, 2.05) is 12.1 Å². The molecule has 1 N–H and O–H groups in total. The SMILES string of the molecule is FC(F)(F)c1cccc(CN2CC(Oc3ccc(N4CCNCC4)nc3)C2)c1. The largest absolute Gasteiger partial charge is 0.486 e. The molecule has 0 aliphatic carbocycles. The van der Waals surface area contributed by atoms with Crippen LogP contribution >= 0.6 is 0 Å². The fourth-order valence-corrected chi connectivity index (χ4v) is 3.55. The Kier molecular flexibility index (Phi) is 5.41. The molecule has 0 bridgehead atoms. The van der Waals surface area contributed by atoms with Crippen molar-refractivity contribution in [3.05, 3.63) is 53.7 Å². The Bertz CT molecular complexity index is 785. The van der Waals surface area contributed by atoms with E-state index in [1.54, 1.807) is 12.3 Å². The number of alkyl halides is 3. The van der Waals surface area contributed by atoms with Crippen LogP contribution in [-0.4, -0.2) is 55.3 Å². The molecule has 5 nitrogen and oxygen atoms in total. The molecule has 0 unspecified atom stereocenters. The molecule has 2 aromatic rings. The van der Waals surface area contributed by atoms with Gasteiger partial charge in [0, 0.05) is 45.8 Å². The summed E-state index contributed by atoms with van der Waals surface area (Å²) >= 11 is 0. The van der Waals surface area contributed by atoms with Gasteiger partial charge >= 0.3 is 6.18 Å². The van der Waals surface area contributed by atoms with Gasteiger partial charge < -0.3 is 15.0 Å². The first-order valence-electron chi connectivity index (χ1n) is 9.44. The first-order valence-corrected chi connectivity index (χ1v) is 9.44. The summed E-state index contributed by atoms with van der Waals surface area (Å²) in [5.41, 5.74) is 0.0595. The Morgan fingerprint density at radius 1 is 1.11 bits per heavy atom. The van der Waals surface area contributed by atoms with Gasteiger partial charge in [0.25, 0.3) is 0 Å². The smallest absolute Gasteiger partial charge is 0.416 e. The molecule has 2 fully saturated rings. The van der Waals surface area contributed by atoms with Gasteiger partial charge in [0.1, 0.15) is 17.7 Å². The lowest BCUT2D eigenvalue weighted by atomic mass is 10.1. The highest BCUT2D eigenvalue weighted by molar-refractivity contribution is 5.41. The van der Waals surface area contributed by atoms with Crippen molar-refractivity contribution in [1.82, 2.24) is 15.2 Å². The normalized spacial score (nSPS) is 18.8. The number of aromatic nitrogens is 1. The van der Waals surface area contributed by atoms with E-state index in [-0.39, 0.29) is 6.10 Å². The maximum absolute atomic E-state index is 12.8. The van der Waals surface area contributed by atoms with Crippen LogP contribution in [0.1, 0.15) is 11.1 Å². The van der Waals surface area contributed by atoms with Crippen molar-refractivity contribution in [2.75, 3.05) is 44.2 Å². The lowest BCUT2D eigenvalue weighted by Gasteiger charge is -2.39. The van der Waals surface area contributed by atoms with E-state index in [0.29, 0.717) is 25.2 Å². The highest BCUT2D eigenvalue weighted by Crippen LogP contribution is 2.30. The topological polar surface area (TPSA) is 40.6 Å². The van der Waals surface area contributed by atoms with Gasteiger partial charge in [-0.1, -0.05) is 18.2 Å². The van der Waals surface area contributed by atoms with Gasteiger partial charge in [-0.15, -0.1) is 0 Å². The van der Waals surface area contributed by atoms with E-state index in [0.717, 1.165) is 43.8 Å². The molecule has 1 aromatic carbocycles. The zero-order valence-corrected chi connectivity index (χ0v) is 15.5. The molecular weight excluding hydrogens is 369 g/mol. The second-order valence-corrected chi connectivity index (χ2v) is 7.22. The average molecular weight is 392 g/mol. The lowest BCUT2D eigenvalue weighted by molar-refractivity contribution is -0.137. The van der Waals surface area contributed by atoms with Crippen LogP contribution in [-0.2, 0) is 12.7 Å². The summed E-state index contributed by atoms with van der Waals surface area (Å²) in [5.74, 6) is 1.68. The maximum Gasteiger partial charge on any atom is 0.416 e. The van der Waals surface area contributed by atoms with E-state index in [9.17, 15) is 13.2 Å². The minimum atomic E-state index is -4.31. The van der Waals surface area contributed by atoms with Crippen LogP contribution in [0.4, 0.5) is 19.0 Å². The Morgan fingerprint density at radius 2 is 1.89 bits per heavy atom. The number of piperazine rings is 1. The zero-order valence-electron chi connectivity index (χ0n) is 15.5. The molecule has 2 saturated heterocycles. The van der Waals surface area contributed by atoms with Crippen LogP contribution in [0.15, 0.2) is 42.6 Å². The van der Waals surface area contributed by atoms with Gasteiger partial charge in [-0.3, -0.25) is 4.90 Å². The number of hydrogen-bond donors (Lipinski definition) is 1. The summed E-state index contributed by atoms with van der Waals surface area (Å²) in [6.07, 6.45) is -2.52. The zero-order chi connectivity index (χ0) is 19.6. The Balaban J connectivity index is 1.26. The van der Waals surface area contributed by atoms with Gasteiger partial charge in [-0.25, -0.2) is 4.98 Å². The van der Waals surface area contributed by atoms with Gasteiger partial charge in [0.05, 0.1) is 11.8 Å². The van der Waals surface area contributed by atoms with Crippen molar-refractivity contribution in [3.8, 4) is 5.75 Å². The molecule has 0 radical (unpaired) electrons. The van der Waals surface area contributed by atoms with E-state index in [1.165, 1.54) is 12.1 Å². The van der Waals surface area contributed by atoms with Gasteiger partial charge in [-0.05, 0) is 23.8 Å². The van der Waals surface area contributed by atoms with Crippen LogP contribution in [0.5, 0.6) is 5.75 Å². The molecule has 0 amide bonds. The molecule has 0 saturated carbocycles. The lowest BCUT2D eigenvalue weighted by Crippen LogP contribution is -2.53. The molecule has 2 aliphatic heterocycles. The number of halogens is 3. The van der Waals surface area contributed by atoms with Crippen LogP contribution in [0.25, 0.3) is 0 Å². The average Bonchev–Trinajstić information content (AvgIpc) is 2.67. The number of pyridine rings is 1. The Morgan fingerprint density at radius 3 is 2.57 bits per heavy atom. The number of benzene rings is 1. The molecule has 3 heterocycles. The monoisotopic (exact) mass is 392 g/mol. The van der Waals surface area contributed by atoms with Crippen molar-refractivity contribution in [1.29, 1.82) is 0 Å². The standard InChI is InChI=1S/C20H23F3N4O/c21-20(22,23)16-3-1-2-15(10-16)12-26-13-18(14-26)28-17-4-5-19(25-11-17)27-8-6-24-7-9-27/h1-5,10-11,18,24H,6-9,12-14H2. The summed E-state index contributed by atoms with van der Waals surface area (Å²) in [6, 6.07) is 9.40. The Hall–Kier alpha value is -2.32. The molecular formula is C20H23F3N4O. The summed E-state index contributed by atoms with van der Waals surface area (Å²) in [5, 5.41) is 3.31. The number of nitrogens with one attached hydrogen (secondary N) is 1. The number of likely N-dealkylation sites (tertiary alicyclic amines) is 1. The second-order valence-electron chi connectivity index (χ2n) is 7.22. The molecule has 28 heavy (non-hydrogen) atoms. The minimum absolute atomic E-state index is 0.0395. The van der Waals surface area contributed by atoms with Crippen LogP contribution in [0.2, 0.25) is 0 Å². The fourth-order valence-electron chi connectivity index (χ4n) is 3.55. The van der Waals surface area contributed by atoms with Crippen molar-refractivity contribution in [2.24, 2.45) is 0 Å². The molecule has 8 heteroatoms. The highest BCUT2D eigenvalue weighted by atomic mass is 19.4. The van der Waals surface area contributed by atoms with Gasteiger partial charge in [-0.2, -0.15) is 13.2 Å². The van der Waals surface area contributed by atoms with Crippen LogP contribution in [0, 0.1) is 0 Å². The summed E-state index contributed by atoms with van der Waals surface area (Å²) in [6.45, 7) is 5.68. The van der Waals surface area contributed by atoms with E-state index >= 15 is 0 Å². The van der Waals surface area contributed by atoms with E-state index in [4.69, 9.17) is 4.74 Å². The van der Waals surface area contributed by atoms with Crippen molar-refractivity contribution in [2.45, 2.75) is 18.8 Å². The van der Waals surface area contributed by atoms with E-state index < -0.39 is 11.7 Å². The van der Waals surface area contributed by atoms with Crippen molar-refractivity contribution >= 4 is 5.82 Å². The summed E-state index contributed by atoms with van der Waals surface area (Å²) in [4.78, 5) is 8.79. The van der Waals surface area contributed by atoms with Crippen LogP contribution < -0.4 is 15.0 Å². The number of rotatable bonds is 5. The van der Waals surface area contributed by atoms with Crippen molar-refractivity contribution in [3.63, 3.8) is 0 Å². The predicted molar refractivity (Wildman–Crippen MR) is 100 cm³/mol. The molecule has 0 atom stereocenters. The number of anilines is 1. The van der Waals surface area contributed by atoms with E-state index in [2.05, 4.69) is 20.1 Å². The summed E-state index contributed by atoms with van der Waals surface area (Å²) in [7, 11) is 0. The number of hydrogen-bond acceptors (Lipinski definition) is 5. The molecule has 0 spiro atoms. The highest BCUT2D eigenvalue weighted by Gasteiger charge is 2.32. The molecule has 2 aliphatic rings. The first-order chi connectivity index (χ1) is 13.5. The van der Waals surface area contributed by atoms with Gasteiger partial charge in [0.15, 0.2) is 0 Å². The quantitative estimate of drug-likeness (QED) is 0.848.